The Morgan fingerprint density at radius 2 is 2.11 bits per heavy atom. The molecule has 1 heterocycles. The van der Waals surface area contributed by atoms with Gasteiger partial charge in [-0.15, -0.1) is 0 Å². The second-order valence-corrected chi connectivity index (χ2v) is 4.72. The maximum atomic E-state index is 12.8. The number of aliphatic hydroxyl groups excluding tert-OH is 1. The molecular formula is C13H14F3NO2. The molecule has 0 aliphatic carbocycles. The van der Waals surface area contributed by atoms with Crippen LogP contribution in [-0.2, 0) is 6.18 Å². The van der Waals surface area contributed by atoms with Crippen LogP contribution in [0.4, 0.5) is 13.2 Å². The van der Waals surface area contributed by atoms with Gasteiger partial charge in [0.1, 0.15) is 0 Å². The smallest absolute Gasteiger partial charge is 0.391 e. The van der Waals surface area contributed by atoms with Gasteiger partial charge in [0.2, 0.25) is 0 Å². The summed E-state index contributed by atoms with van der Waals surface area (Å²) in [7, 11) is 0. The van der Waals surface area contributed by atoms with Crippen molar-refractivity contribution >= 4 is 5.91 Å². The van der Waals surface area contributed by atoms with E-state index < -0.39 is 23.8 Å². The minimum Gasteiger partial charge on any atom is -0.391 e. The molecule has 0 radical (unpaired) electrons. The normalized spacial score (nSPS) is 19.8. The molecular weight excluding hydrogens is 259 g/mol. The number of rotatable bonds is 1. The average Bonchev–Trinajstić information content (AvgIpc) is 2.74. The maximum absolute atomic E-state index is 12.8. The Bertz CT molecular complexity index is 499. The van der Waals surface area contributed by atoms with Gasteiger partial charge in [0, 0.05) is 18.7 Å². The van der Waals surface area contributed by atoms with E-state index in [4.69, 9.17) is 0 Å². The fourth-order valence-corrected chi connectivity index (χ4v) is 2.17. The van der Waals surface area contributed by atoms with Gasteiger partial charge in [0.05, 0.1) is 11.7 Å². The quantitative estimate of drug-likeness (QED) is 0.852. The molecule has 0 saturated carbocycles. The van der Waals surface area contributed by atoms with E-state index in [1.165, 1.54) is 24.0 Å². The van der Waals surface area contributed by atoms with Gasteiger partial charge >= 0.3 is 6.18 Å². The average molecular weight is 273 g/mol. The number of benzene rings is 1. The number of carbonyl (C=O) groups is 1. The topological polar surface area (TPSA) is 40.5 Å². The molecule has 19 heavy (non-hydrogen) atoms. The van der Waals surface area contributed by atoms with Crippen molar-refractivity contribution in [2.75, 3.05) is 13.1 Å². The molecule has 1 saturated heterocycles. The lowest BCUT2D eigenvalue weighted by molar-refractivity contribution is -0.138. The van der Waals surface area contributed by atoms with Crippen LogP contribution < -0.4 is 0 Å². The molecule has 0 unspecified atom stereocenters. The van der Waals surface area contributed by atoms with Gasteiger partial charge in [-0.3, -0.25) is 4.79 Å². The lowest BCUT2D eigenvalue weighted by Crippen LogP contribution is -2.29. The van der Waals surface area contributed by atoms with E-state index in [-0.39, 0.29) is 17.7 Å². The lowest BCUT2D eigenvalue weighted by Gasteiger charge is -2.17. The van der Waals surface area contributed by atoms with Gasteiger partial charge in [-0.2, -0.15) is 13.2 Å². The van der Waals surface area contributed by atoms with Crippen LogP contribution >= 0.6 is 0 Å². The summed E-state index contributed by atoms with van der Waals surface area (Å²) in [6.07, 6.45) is -4.59. The Kier molecular flexibility index (Phi) is 3.54. The predicted octanol–water partition coefficient (Wildman–Crippen LogP) is 2.22. The molecule has 1 fully saturated rings. The number of carbonyl (C=O) groups excluding carboxylic acids is 1. The van der Waals surface area contributed by atoms with Crippen molar-refractivity contribution in [3.63, 3.8) is 0 Å². The van der Waals surface area contributed by atoms with Crippen LogP contribution in [0.25, 0.3) is 0 Å². The van der Waals surface area contributed by atoms with Crippen LogP contribution in [-0.4, -0.2) is 35.1 Å². The molecule has 2 rings (SSSR count). The van der Waals surface area contributed by atoms with Gasteiger partial charge in [0.25, 0.3) is 5.91 Å². The first-order valence-corrected chi connectivity index (χ1v) is 5.94. The van der Waals surface area contributed by atoms with E-state index in [0.717, 1.165) is 6.07 Å². The highest BCUT2D eigenvalue weighted by Gasteiger charge is 2.34. The summed E-state index contributed by atoms with van der Waals surface area (Å²) in [5.41, 5.74) is -0.698. The van der Waals surface area contributed by atoms with E-state index in [9.17, 15) is 23.1 Å². The summed E-state index contributed by atoms with van der Waals surface area (Å²) in [6.45, 7) is 1.90. The Morgan fingerprint density at radius 1 is 1.42 bits per heavy atom. The van der Waals surface area contributed by atoms with E-state index in [1.807, 2.05) is 0 Å². The number of aryl methyl sites for hydroxylation is 1. The zero-order valence-electron chi connectivity index (χ0n) is 10.4. The van der Waals surface area contributed by atoms with Gasteiger partial charge in [-0.1, -0.05) is 6.07 Å². The summed E-state index contributed by atoms with van der Waals surface area (Å²) in [4.78, 5) is 13.4. The van der Waals surface area contributed by atoms with Crippen LogP contribution in [0.15, 0.2) is 18.2 Å². The van der Waals surface area contributed by atoms with Crippen molar-refractivity contribution in [3.8, 4) is 0 Å². The van der Waals surface area contributed by atoms with Crippen molar-refractivity contribution in [2.45, 2.75) is 25.6 Å². The number of nitrogens with zero attached hydrogens (tertiary/aromatic N) is 1. The second kappa shape index (κ2) is 4.85. The number of alkyl halides is 3. The molecule has 1 aromatic rings. The zero-order valence-corrected chi connectivity index (χ0v) is 10.4. The monoisotopic (exact) mass is 273 g/mol. The molecule has 6 heteroatoms. The van der Waals surface area contributed by atoms with Crippen LogP contribution in [0.3, 0.4) is 0 Å². The number of likely N-dealkylation sites (tertiary alicyclic amines) is 1. The van der Waals surface area contributed by atoms with Crippen LogP contribution in [0.2, 0.25) is 0 Å². The number of amides is 1. The maximum Gasteiger partial charge on any atom is 0.416 e. The first kappa shape index (κ1) is 13.9. The zero-order chi connectivity index (χ0) is 14.2. The first-order chi connectivity index (χ1) is 8.79. The highest BCUT2D eigenvalue weighted by Crippen LogP contribution is 2.32. The summed E-state index contributed by atoms with van der Waals surface area (Å²) in [6, 6.07) is 3.56. The number of halogens is 3. The fraction of sp³-hybridized carbons (Fsp3) is 0.462. The van der Waals surface area contributed by atoms with Crippen molar-refractivity contribution in [1.29, 1.82) is 0 Å². The van der Waals surface area contributed by atoms with E-state index >= 15 is 0 Å². The molecule has 0 aromatic heterocycles. The third-order valence-electron chi connectivity index (χ3n) is 3.24. The fourth-order valence-electron chi connectivity index (χ4n) is 2.17. The summed E-state index contributed by atoms with van der Waals surface area (Å²) in [5.74, 6) is -0.470. The molecule has 3 nitrogen and oxygen atoms in total. The van der Waals surface area contributed by atoms with E-state index in [2.05, 4.69) is 0 Å². The molecule has 0 bridgehead atoms. The molecule has 1 aliphatic heterocycles. The Hall–Kier alpha value is -1.56. The van der Waals surface area contributed by atoms with E-state index in [1.54, 1.807) is 0 Å². The Balaban J connectivity index is 2.28. The summed E-state index contributed by atoms with van der Waals surface area (Å²) < 4.78 is 38.3. The van der Waals surface area contributed by atoms with Gasteiger partial charge in [0.15, 0.2) is 0 Å². The lowest BCUT2D eigenvalue weighted by atomic mass is 10.0. The number of aliphatic hydroxyl groups is 1. The summed E-state index contributed by atoms with van der Waals surface area (Å²) >= 11 is 0. The minimum absolute atomic E-state index is 0.00650. The van der Waals surface area contributed by atoms with Crippen molar-refractivity contribution in [2.24, 2.45) is 0 Å². The SMILES string of the molecule is Cc1ccc(C(=O)N2CC[C@@H](O)C2)cc1C(F)(F)F. The largest absolute Gasteiger partial charge is 0.416 e. The third kappa shape index (κ3) is 2.89. The van der Waals surface area contributed by atoms with Gasteiger partial charge in [-0.05, 0) is 31.0 Å². The molecule has 1 atom stereocenters. The van der Waals surface area contributed by atoms with E-state index in [0.29, 0.717) is 13.0 Å². The highest BCUT2D eigenvalue weighted by atomic mass is 19.4. The van der Waals surface area contributed by atoms with Crippen molar-refractivity contribution in [1.82, 2.24) is 4.90 Å². The standard InChI is InChI=1S/C13H14F3NO2/c1-8-2-3-9(6-11(8)13(14,15)16)12(19)17-5-4-10(18)7-17/h2-3,6,10,18H,4-5,7H2,1H3/t10-/m1/s1. The Morgan fingerprint density at radius 3 is 2.63 bits per heavy atom. The van der Waals surface area contributed by atoms with Crippen LogP contribution in [0.1, 0.15) is 27.9 Å². The van der Waals surface area contributed by atoms with Gasteiger partial charge < -0.3 is 10.0 Å². The third-order valence-corrected chi connectivity index (χ3v) is 3.24. The number of hydrogen-bond acceptors (Lipinski definition) is 2. The first-order valence-electron chi connectivity index (χ1n) is 5.94. The van der Waals surface area contributed by atoms with Crippen molar-refractivity contribution < 1.29 is 23.1 Å². The molecule has 0 spiro atoms. The number of hydrogen-bond donors (Lipinski definition) is 1. The Labute approximate surface area is 108 Å². The molecule has 1 aliphatic rings. The highest BCUT2D eigenvalue weighted by molar-refractivity contribution is 5.94. The number of β-amino-alcohol motifs (C(OH)–C–C–N with tert-alkyl or cyclic N) is 1. The molecule has 104 valence electrons. The predicted molar refractivity (Wildman–Crippen MR) is 62.7 cm³/mol. The molecule has 1 aromatic carbocycles. The van der Waals surface area contributed by atoms with Gasteiger partial charge in [-0.25, -0.2) is 0 Å². The second-order valence-electron chi connectivity index (χ2n) is 4.72. The van der Waals surface area contributed by atoms with Crippen LogP contribution in [0.5, 0.6) is 0 Å². The summed E-state index contributed by atoms with van der Waals surface area (Å²) in [5, 5.41) is 9.35. The van der Waals surface area contributed by atoms with Crippen LogP contribution in [0, 0.1) is 6.92 Å². The molecule has 1 amide bonds. The van der Waals surface area contributed by atoms with Crippen molar-refractivity contribution in [3.05, 3.63) is 34.9 Å². The minimum atomic E-state index is -4.47. The molecule has 1 N–H and O–H groups in total.